The molecule has 1 unspecified atom stereocenters. The van der Waals surface area contributed by atoms with Crippen molar-refractivity contribution in [2.75, 3.05) is 0 Å². The summed E-state index contributed by atoms with van der Waals surface area (Å²) in [4.78, 5) is 9.06. The number of para-hydroxylation sites is 2. The predicted molar refractivity (Wildman–Crippen MR) is 124 cm³/mol. The van der Waals surface area contributed by atoms with Gasteiger partial charge in [-0.25, -0.2) is 4.98 Å². The van der Waals surface area contributed by atoms with Gasteiger partial charge >= 0.3 is 0 Å². The number of hydrogen-bond donors (Lipinski definition) is 0. The van der Waals surface area contributed by atoms with Crippen LogP contribution in [0.25, 0.3) is 15.9 Å². The Bertz CT molecular complexity index is 1280. The van der Waals surface area contributed by atoms with Crippen molar-refractivity contribution in [2.45, 2.75) is 34.3 Å². The summed E-state index contributed by atoms with van der Waals surface area (Å²) in [7, 11) is 0. The zero-order valence-electron chi connectivity index (χ0n) is 16.8. The van der Waals surface area contributed by atoms with E-state index in [0.717, 1.165) is 26.5 Å². The Labute approximate surface area is 191 Å². The molecular formula is C21H18N6OS3. The second kappa shape index (κ2) is 8.81. The van der Waals surface area contributed by atoms with E-state index in [0.29, 0.717) is 17.5 Å². The van der Waals surface area contributed by atoms with Crippen LogP contribution >= 0.6 is 34.9 Å². The van der Waals surface area contributed by atoms with Crippen LogP contribution in [0.2, 0.25) is 0 Å². The van der Waals surface area contributed by atoms with Crippen molar-refractivity contribution >= 4 is 45.1 Å². The fourth-order valence-electron chi connectivity index (χ4n) is 3.03. The Hall–Kier alpha value is -2.69. The zero-order valence-corrected chi connectivity index (χ0v) is 19.2. The minimum Gasteiger partial charge on any atom is -0.338 e. The lowest BCUT2D eigenvalue weighted by Gasteiger charge is -2.11. The second-order valence-electron chi connectivity index (χ2n) is 6.75. The maximum atomic E-state index is 5.33. The average Bonchev–Trinajstić information content (AvgIpc) is 3.50. The van der Waals surface area contributed by atoms with Gasteiger partial charge in [-0.2, -0.15) is 4.98 Å². The molecule has 3 heterocycles. The topological polar surface area (TPSA) is 82.5 Å². The van der Waals surface area contributed by atoms with Crippen LogP contribution in [-0.2, 0) is 5.75 Å². The molecule has 0 aliphatic rings. The van der Waals surface area contributed by atoms with Crippen LogP contribution in [0.15, 0.2) is 68.6 Å². The molecule has 0 radical (unpaired) electrons. The third-order valence-electron chi connectivity index (χ3n) is 4.49. The molecule has 0 bridgehead atoms. The van der Waals surface area contributed by atoms with Crippen LogP contribution < -0.4 is 0 Å². The van der Waals surface area contributed by atoms with Crippen LogP contribution in [0.4, 0.5) is 0 Å². The zero-order chi connectivity index (χ0) is 21.2. The maximum Gasteiger partial charge on any atom is 0.239 e. The monoisotopic (exact) mass is 466 g/mol. The number of aromatic nitrogens is 6. The highest BCUT2D eigenvalue weighted by Crippen LogP contribution is 2.36. The Morgan fingerprint density at radius 1 is 1.03 bits per heavy atom. The molecule has 156 valence electrons. The Morgan fingerprint density at radius 3 is 2.61 bits per heavy atom. The van der Waals surface area contributed by atoms with Crippen LogP contribution in [0.3, 0.4) is 0 Å². The predicted octanol–water partition coefficient (Wildman–Crippen LogP) is 5.71. The quantitative estimate of drug-likeness (QED) is 0.282. The summed E-state index contributed by atoms with van der Waals surface area (Å²) in [5, 5.41) is 13.6. The number of hydrogen-bond acceptors (Lipinski definition) is 9. The van der Waals surface area contributed by atoms with Gasteiger partial charge in [0, 0.05) is 5.69 Å². The van der Waals surface area contributed by atoms with E-state index in [2.05, 4.69) is 43.1 Å². The number of thioether (sulfide) groups is 2. The summed E-state index contributed by atoms with van der Waals surface area (Å²) in [5.41, 5.74) is 2.04. The summed E-state index contributed by atoms with van der Waals surface area (Å²) in [6.45, 7) is 3.84. The molecule has 7 nitrogen and oxygen atoms in total. The van der Waals surface area contributed by atoms with E-state index in [1.54, 1.807) is 34.9 Å². The molecule has 0 N–H and O–H groups in total. The lowest BCUT2D eigenvalue weighted by Crippen LogP contribution is -2.02. The molecule has 1 atom stereocenters. The van der Waals surface area contributed by atoms with Gasteiger partial charge in [-0.05, 0) is 38.1 Å². The molecule has 2 aromatic carbocycles. The van der Waals surface area contributed by atoms with Crippen LogP contribution in [0.5, 0.6) is 0 Å². The second-order valence-corrected chi connectivity index (χ2v) is 10.3. The van der Waals surface area contributed by atoms with Crippen molar-refractivity contribution in [1.82, 2.24) is 29.9 Å². The number of aryl methyl sites for hydroxylation is 1. The Kier molecular flexibility index (Phi) is 5.75. The van der Waals surface area contributed by atoms with E-state index in [-0.39, 0.29) is 5.25 Å². The van der Waals surface area contributed by atoms with E-state index in [1.807, 2.05) is 50.2 Å². The van der Waals surface area contributed by atoms with Crippen molar-refractivity contribution in [3.8, 4) is 5.69 Å². The highest BCUT2D eigenvalue weighted by atomic mass is 32.2. The van der Waals surface area contributed by atoms with Crippen LogP contribution in [0, 0.1) is 6.92 Å². The van der Waals surface area contributed by atoms with Crippen molar-refractivity contribution in [3.05, 3.63) is 72.1 Å². The van der Waals surface area contributed by atoms with Gasteiger partial charge in [-0.1, -0.05) is 59.0 Å². The third-order valence-corrected chi connectivity index (χ3v) is 7.69. The molecule has 0 saturated heterocycles. The maximum absolute atomic E-state index is 5.33. The van der Waals surface area contributed by atoms with Crippen molar-refractivity contribution in [1.29, 1.82) is 0 Å². The Balaban J connectivity index is 1.42. The number of rotatable bonds is 7. The van der Waals surface area contributed by atoms with Gasteiger partial charge in [0.1, 0.15) is 5.82 Å². The lowest BCUT2D eigenvalue weighted by molar-refractivity contribution is 0.376. The largest absolute Gasteiger partial charge is 0.338 e. The first-order valence-electron chi connectivity index (χ1n) is 9.62. The van der Waals surface area contributed by atoms with Crippen LogP contribution in [-0.4, -0.2) is 29.9 Å². The molecular weight excluding hydrogens is 448 g/mol. The molecule has 10 heteroatoms. The SMILES string of the molecule is Cc1noc(C(C)Sc2nnc(CSc3nc4ccccc4s3)n2-c2ccccc2)n1. The minimum absolute atomic E-state index is 0.0439. The van der Waals surface area contributed by atoms with Gasteiger partial charge in [0.25, 0.3) is 0 Å². The number of fused-ring (bicyclic) bond motifs is 1. The van der Waals surface area contributed by atoms with Gasteiger partial charge in [0.15, 0.2) is 15.3 Å². The number of nitrogens with zero attached hydrogens (tertiary/aromatic N) is 6. The number of benzene rings is 2. The molecule has 0 fully saturated rings. The van der Waals surface area contributed by atoms with E-state index in [9.17, 15) is 0 Å². The summed E-state index contributed by atoms with van der Waals surface area (Å²) in [5.74, 6) is 2.73. The lowest BCUT2D eigenvalue weighted by atomic mass is 10.3. The van der Waals surface area contributed by atoms with Gasteiger partial charge in [-0.3, -0.25) is 4.57 Å². The fourth-order valence-corrected chi connectivity index (χ4v) is 5.93. The van der Waals surface area contributed by atoms with Crippen molar-refractivity contribution < 1.29 is 4.52 Å². The standard InChI is InChI=1S/C21H18N6OS3/c1-13(19-22-14(2)26-28-19)30-20-25-24-18(27(20)15-8-4-3-5-9-15)12-29-21-23-16-10-6-7-11-17(16)31-21/h3-11,13H,12H2,1-2H3. The molecule has 0 amide bonds. The van der Waals surface area contributed by atoms with E-state index >= 15 is 0 Å². The highest BCUT2D eigenvalue weighted by molar-refractivity contribution is 8.00. The summed E-state index contributed by atoms with van der Waals surface area (Å²) in [6.07, 6.45) is 0. The van der Waals surface area contributed by atoms with Crippen molar-refractivity contribution in [3.63, 3.8) is 0 Å². The number of thiazole rings is 1. The van der Waals surface area contributed by atoms with E-state index in [1.165, 1.54) is 4.70 Å². The highest BCUT2D eigenvalue weighted by Gasteiger charge is 2.21. The van der Waals surface area contributed by atoms with E-state index in [4.69, 9.17) is 9.51 Å². The Morgan fingerprint density at radius 2 is 1.84 bits per heavy atom. The van der Waals surface area contributed by atoms with Gasteiger partial charge < -0.3 is 4.52 Å². The van der Waals surface area contributed by atoms with Gasteiger partial charge in [-0.15, -0.1) is 21.5 Å². The molecule has 0 aliphatic carbocycles. The molecule has 0 aliphatic heterocycles. The van der Waals surface area contributed by atoms with Crippen LogP contribution in [0.1, 0.15) is 29.7 Å². The molecule has 0 saturated carbocycles. The molecule has 31 heavy (non-hydrogen) atoms. The molecule has 3 aromatic heterocycles. The van der Waals surface area contributed by atoms with Gasteiger partial charge in [0.05, 0.1) is 21.2 Å². The van der Waals surface area contributed by atoms with E-state index < -0.39 is 0 Å². The first-order valence-corrected chi connectivity index (χ1v) is 12.3. The summed E-state index contributed by atoms with van der Waals surface area (Å²) < 4.78 is 9.63. The summed E-state index contributed by atoms with van der Waals surface area (Å²) >= 11 is 4.92. The van der Waals surface area contributed by atoms with Crippen molar-refractivity contribution in [2.24, 2.45) is 0 Å². The fraction of sp³-hybridized carbons (Fsp3) is 0.190. The average molecular weight is 467 g/mol. The molecule has 0 spiro atoms. The smallest absolute Gasteiger partial charge is 0.239 e. The first-order chi connectivity index (χ1) is 15.2. The third kappa shape index (κ3) is 4.36. The molecule has 5 aromatic rings. The summed E-state index contributed by atoms with van der Waals surface area (Å²) in [6, 6.07) is 18.3. The first kappa shape index (κ1) is 20.2. The minimum atomic E-state index is -0.0439. The molecule has 5 rings (SSSR count). The van der Waals surface area contributed by atoms with Gasteiger partial charge in [0.2, 0.25) is 5.89 Å². The normalized spacial score (nSPS) is 12.5.